The number of hydrogen-bond acceptors (Lipinski definition) is 3. The van der Waals surface area contributed by atoms with Crippen LogP contribution >= 0.6 is 0 Å². The van der Waals surface area contributed by atoms with Crippen LogP contribution in [0.3, 0.4) is 0 Å². The highest BCUT2D eigenvalue weighted by Crippen LogP contribution is 2.35. The molecular weight excluding hydrogens is 384 g/mol. The Morgan fingerprint density at radius 1 is 1.27 bits per heavy atom. The molecule has 0 aromatic carbocycles. The molecule has 0 radical (unpaired) electrons. The average molecular weight is 420 g/mol. The van der Waals surface area contributed by atoms with E-state index in [0.717, 1.165) is 43.5 Å². The number of fused-ring (bicyclic) bond motifs is 1. The Morgan fingerprint density at radius 3 is 2.70 bits per heavy atom. The maximum Gasteiger partial charge on any atom is 0.270 e. The molecule has 4 nitrogen and oxygen atoms in total. The standard InChI is InChI=1S/C24H35F2N3O/c1-4-20(27-15-18-9-11-24(25,26)12-10-18)14-17(3)28-23(30)22-8-6-19-13-16(2)5-7-21(19)29-22/h6,8,13,17-18,20,27H,4-5,7,9-12,14-15H2,1-3H3,(H,28,30)/t17-,20-/m0/s1. The number of nitrogens with one attached hydrogen (secondary N) is 2. The van der Waals surface area contributed by atoms with Crippen molar-refractivity contribution in [2.45, 2.75) is 90.1 Å². The molecule has 1 amide bonds. The minimum Gasteiger partial charge on any atom is -0.348 e. The molecule has 2 aliphatic rings. The maximum absolute atomic E-state index is 13.3. The lowest BCUT2D eigenvalue weighted by molar-refractivity contribution is -0.0457. The number of allylic oxidation sites excluding steroid dienone is 1. The summed E-state index contributed by atoms with van der Waals surface area (Å²) >= 11 is 0. The zero-order valence-corrected chi connectivity index (χ0v) is 18.4. The number of alkyl halides is 2. The third-order valence-corrected chi connectivity index (χ3v) is 6.44. The van der Waals surface area contributed by atoms with Gasteiger partial charge in [0.05, 0.1) is 0 Å². The summed E-state index contributed by atoms with van der Waals surface area (Å²) in [6.07, 6.45) is 6.93. The van der Waals surface area contributed by atoms with Crippen molar-refractivity contribution in [3.63, 3.8) is 0 Å². The molecule has 0 spiro atoms. The monoisotopic (exact) mass is 419 g/mol. The third-order valence-electron chi connectivity index (χ3n) is 6.44. The van der Waals surface area contributed by atoms with Gasteiger partial charge in [0.25, 0.3) is 5.91 Å². The van der Waals surface area contributed by atoms with Crippen LogP contribution in [0.25, 0.3) is 6.08 Å². The number of aromatic nitrogens is 1. The van der Waals surface area contributed by atoms with E-state index in [1.807, 2.05) is 13.0 Å². The van der Waals surface area contributed by atoms with Crippen molar-refractivity contribution in [3.8, 4) is 0 Å². The zero-order chi connectivity index (χ0) is 21.7. The SMILES string of the molecule is CC[C@@H](C[C@H](C)NC(=O)c1ccc2c(n1)CCC(C)=C2)NCC1CCC(F)(F)CC1. The molecule has 1 aromatic heterocycles. The van der Waals surface area contributed by atoms with Crippen LogP contribution in [0.1, 0.15) is 87.5 Å². The molecular formula is C24H35F2N3O. The summed E-state index contributed by atoms with van der Waals surface area (Å²) in [5.74, 6) is -2.29. The van der Waals surface area contributed by atoms with E-state index in [1.54, 1.807) is 6.07 Å². The Morgan fingerprint density at radius 2 is 2.00 bits per heavy atom. The van der Waals surface area contributed by atoms with Gasteiger partial charge in [-0.05, 0) is 76.5 Å². The molecule has 1 aromatic rings. The smallest absolute Gasteiger partial charge is 0.270 e. The summed E-state index contributed by atoms with van der Waals surface area (Å²) in [6, 6.07) is 4.04. The molecule has 30 heavy (non-hydrogen) atoms. The molecule has 1 fully saturated rings. The van der Waals surface area contributed by atoms with Crippen molar-refractivity contribution in [2.75, 3.05) is 6.54 Å². The lowest BCUT2D eigenvalue weighted by atomic mass is 9.86. The summed E-state index contributed by atoms with van der Waals surface area (Å²) in [6.45, 7) is 7.01. The van der Waals surface area contributed by atoms with Gasteiger partial charge in [0.15, 0.2) is 0 Å². The van der Waals surface area contributed by atoms with Crippen molar-refractivity contribution >= 4 is 12.0 Å². The molecule has 0 aliphatic heterocycles. The van der Waals surface area contributed by atoms with Crippen molar-refractivity contribution in [1.29, 1.82) is 0 Å². The van der Waals surface area contributed by atoms with Gasteiger partial charge >= 0.3 is 0 Å². The van der Waals surface area contributed by atoms with Gasteiger partial charge in [-0.15, -0.1) is 0 Å². The topological polar surface area (TPSA) is 54.0 Å². The van der Waals surface area contributed by atoms with E-state index in [-0.39, 0.29) is 30.8 Å². The summed E-state index contributed by atoms with van der Waals surface area (Å²) in [5, 5.41) is 6.61. The summed E-state index contributed by atoms with van der Waals surface area (Å²) in [5.41, 5.74) is 3.92. The molecule has 6 heteroatoms. The zero-order valence-electron chi connectivity index (χ0n) is 18.4. The van der Waals surface area contributed by atoms with Gasteiger partial charge in [-0.2, -0.15) is 0 Å². The van der Waals surface area contributed by atoms with E-state index in [9.17, 15) is 13.6 Å². The van der Waals surface area contributed by atoms with E-state index in [2.05, 4.69) is 35.5 Å². The van der Waals surface area contributed by atoms with Crippen molar-refractivity contribution in [3.05, 3.63) is 34.7 Å². The largest absolute Gasteiger partial charge is 0.348 e. The lowest BCUT2D eigenvalue weighted by Crippen LogP contribution is -2.41. The molecule has 1 heterocycles. The van der Waals surface area contributed by atoms with Gasteiger partial charge in [0.1, 0.15) is 5.69 Å². The highest BCUT2D eigenvalue weighted by Gasteiger charge is 2.34. The van der Waals surface area contributed by atoms with Gasteiger partial charge in [0.2, 0.25) is 5.92 Å². The van der Waals surface area contributed by atoms with E-state index in [1.165, 1.54) is 5.57 Å². The van der Waals surface area contributed by atoms with Gasteiger partial charge in [-0.25, -0.2) is 13.8 Å². The molecule has 2 aliphatic carbocycles. The van der Waals surface area contributed by atoms with Crippen LogP contribution < -0.4 is 10.6 Å². The van der Waals surface area contributed by atoms with Gasteiger partial charge in [-0.3, -0.25) is 4.79 Å². The first-order valence-electron chi connectivity index (χ1n) is 11.3. The fourth-order valence-corrected chi connectivity index (χ4v) is 4.44. The number of carbonyl (C=O) groups excluding carboxylic acids is 1. The van der Waals surface area contributed by atoms with Gasteiger partial charge < -0.3 is 10.6 Å². The second-order valence-electron chi connectivity index (χ2n) is 9.15. The second kappa shape index (κ2) is 9.99. The fraction of sp³-hybridized carbons (Fsp3) is 0.667. The number of carbonyl (C=O) groups is 1. The van der Waals surface area contributed by atoms with E-state index in [0.29, 0.717) is 24.5 Å². The second-order valence-corrected chi connectivity index (χ2v) is 9.15. The number of halogens is 2. The molecule has 0 unspecified atom stereocenters. The molecule has 1 saturated carbocycles. The van der Waals surface area contributed by atoms with Gasteiger partial charge in [0, 0.05) is 30.6 Å². The van der Waals surface area contributed by atoms with Crippen LogP contribution in [0.5, 0.6) is 0 Å². The molecule has 2 N–H and O–H groups in total. The van der Waals surface area contributed by atoms with E-state index < -0.39 is 5.92 Å². The van der Waals surface area contributed by atoms with Crippen molar-refractivity contribution in [2.24, 2.45) is 5.92 Å². The first-order valence-corrected chi connectivity index (χ1v) is 11.3. The third kappa shape index (κ3) is 6.34. The predicted octanol–water partition coefficient (Wildman–Crippen LogP) is 5.13. The molecule has 2 atom stereocenters. The first kappa shape index (κ1) is 22.9. The van der Waals surface area contributed by atoms with Crippen LogP contribution in [0, 0.1) is 5.92 Å². The molecule has 0 saturated heterocycles. The van der Waals surface area contributed by atoms with Crippen LogP contribution in [0.2, 0.25) is 0 Å². The van der Waals surface area contributed by atoms with Crippen LogP contribution in [-0.4, -0.2) is 35.4 Å². The van der Waals surface area contributed by atoms with Crippen LogP contribution in [0.15, 0.2) is 17.7 Å². The van der Waals surface area contributed by atoms with Crippen molar-refractivity contribution in [1.82, 2.24) is 15.6 Å². The average Bonchev–Trinajstić information content (AvgIpc) is 2.71. The van der Waals surface area contributed by atoms with E-state index >= 15 is 0 Å². The minimum absolute atomic E-state index is 0.00520. The van der Waals surface area contributed by atoms with Crippen LogP contribution in [-0.2, 0) is 6.42 Å². The highest BCUT2D eigenvalue weighted by atomic mass is 19.3. The summed E-state index contributed by atoms with van der Waals surface area (Å²) in [4.78, 5) is 17.2. The Hall–Kier alpha value is -1.82. The number of amides is 1. The lowest BCUT2D eigenvalue weighted by Gasteiger charge is -2.30. The Bertz CT molecular complexity index is 768. The quantitative estimate of drug-likeness (QED) is 0.614. The Balaban J connectivity index is 1.46. The number of rotatable bonds is 8. The molecule has 3 rings (SSSR count). The van der Waals surface area contributed by atoms with Crippen molar-refractivity contribution < 1.29 is 13.6 Å². The van der Waals surface area contributed by atoms with Crippen LogP contribution in [0.4, 0.5) is 8.78 Å². The highest BCUT2D eigenvalue weighted by molar-refractivity contribution is 5.92. The number of pyridine rings is 1. The fourth-order valence-electron chi connectivity index (χ4n) is 4.44. The number of hydrogen-bond donors (Lipinski definition) is 2. The first-order chi connectivity index (χ1) is 14.3. The molecule has 166 valence electrons. The summed E-state index contributed by atoms with van der Waals surface area (Å²) < 4.78 is 26.6. The molecule has 0 bridgehead atoms. The Labute approximate surface area is 178 Å². The van der Waals surface area contributed by atoms with E-state index in [4.69, 9.17) is 0 Å². The summed E-state index contributed by atoms with van der Waals surface area (Å²) in [7, 11) is 0. The Kier molecular flexibility index (Phi) is 7.61. The normalized spacial score (nSPS) is 20.8. The maximum atomic E-state index is 13.3. The number of aryl methyl sites for hydroxylation is 1. The minimum atomic E-state index is -2.47. The predicted molar refractivity (Wildman–Crippen MR) is 117 cm³/mol. The number of nitrogens with zero attached hydrogens (tertiary/aromatic N) is 1. The van der Waals surface area contributed by atoms with Gasteiger partial charge in [-0.1, -0.05) is 24.6 Å².